The van der Waals surface area contributed by atoms with Gasteiger partial charge in [-0.1, -0.05) is 0 Å². The smallest absolute Gasteiger partial charge is 0.548 e. The van der Waals surface area contributed by atoms with Crippen molar-refractivity contribution in [1.29, 1.82) is 0 Å². The third-order valence-corrected chi connectivity index (χ3v) is 0.282. The molecule has 3 nitrogen and oxygen atoms in total. The Bertz CT molecular complexity index is 56.9. The summed E-state index contributed by atoms with van der Waals surface area (Å²) in [4.78, 5) is 9.28. The van der Waals surface area contributed by atoms with Crippen LogP contribution in [0.25, 0.3) is 0 Å². The van der Waals surface area contributed by atoms with Crippen LogP contribution < -0.4 is 34.7 Å². The maximum absolute atomic E-state index is 9.28. The summed E-state index contributed by atoms with van der Waals surface area (Å²) in [7, 11) is 0. The fourth-order valence-corrected chi connectivity index (χ4v) is 0.134. The van der Waals surface area contributed by atoms with Crippen LogP contribution in [0.2, 0.25) is 0 Å². The van der Waals surface area contributed by atoms with E-state index in [0.29, 0.717) is 0 Å². The molecule has 0 radical (unpaired) electrons. The SMILES string of the molecule is O=C([O-])COCl.[Na+]. The van der Waals surface area contributed by atoms with E-state index in [2.05, 4.69) is 16.2 Å². The van der Waals surface area contributed by atoms with Gasteiger partial charge in [-0.15, -0.1) is 0 Å². The minimum absolute atomic E-state index is 0. The molecule has 0 aromatic rings. The molecule has 0 rings (SSSR count). The minimum atomic E-state index is -1.31. The first-order chi connectivity index (χ1) is 2.77. The zero-order valence-electron chi connectivity index (χ0n) is 3.81. The second kappa shape index (κ2) is 6.72. The molecule has 0 aromatic heterocycles. The van der Waals surface area contributed by atoms with E-state index in [0.717, 1.165) is 0 Å². The van der Waals surface area contributed by atoms with Crippen molar-refractivity contribution in [2.45, 2.75) is 0 Å². The van der Waals surface area contributed by atoms with Gasteiger partial charge in [-0.3, -0.25) is 4.29 Å². The molecule has 0 unspecified atom stereocenters. The molecular weight excluding hydrogens is 130 g/mol. The van der Waals surface area contributed by atoms with Crippen LogP contribution in [0.15, 0.2) is 0 Å². The van der Waals surface area contributed by atoms with Gasteiger partial charge in [0.25, 0.3) is 0 Å². The third-order valence-electron chi connectivity index (χ3n) is 0.172. The molecule has 0 aliphatic carbocycles. The van der Waals surface area contributed by atoms with Crippen molar-refractivity contribution in [3.8, 4) is 0 Å². The number of aliphatic carboxylic acids is 1. The first-order valence-corrected chi connectivity index (χ1v) is 1.51. The molecule has 0 bridgehead atoms. The molecule has 0 saturated carbocycles. The van der Waals surface area contributed by atoms with Crippen LogP contribution in [-0.4, -0.2) is 12.6 Å². The Morgan fingerprint density at radius 3 is 2.29 bits per heavy atom. The Hall–Kier alpha value is 0.720. The normalized spacial score (nSPS) is 7.00. The predicted molar refractivity (Wildman–Crippen MR) is 16.8 cm³/mol. The zero-order chi connectivity index (χ0) is 4.99. The molecule has 0 aliphatic rings. The minimum Gasteiger partial charge on any atom is -0.548 e. The van der Waals surface area contributed by atoms with Crippen LogP contribution in [0.5, 0.6) is 0 Å². The number of carboxylic acid groups (broad SMARTS) is 1. The Morgan fingerprint density at radius 1 is 1.86 bits per heavy atom. The van der Waals surface area contributed by atoms with Gasteiger partial charge in [0, 0.05) is 0 Å². The fraction of sp³-hybridized carbons (Fsp3) is 0.500. The van der Waals surface area contributed by atoms with Crippen molar-refractivity contribution >= 4 is 17.8 Å². The summed E-state index contributed by atoms with van der Waals surface area (Å²) in [6.45, 7) is -0.554. The van der Waals surface area contributed by atoms with Gasteiger partial charge in [0.15, 0.2) is 0 Å². The van der Waals surface area contributed by atoms with Crippen molar-refractivity contribution in [1.82, 2.24) is 0 Å². The van der Waals surface area contributed by atoms with Crippen LogP contribution in [0.3, 0.4) is 0 Å². The maximum atomic E-state index is 9.28. The average Bonchev–Trinajstić information content (AvgIpc) is 1.35. The summed E-state index contributed by atoms with van der Waals surface area (Å²) in [5, 5.41) is 9.28. The molecular formula is C2H2ClNaO3. The van der Waals surface area contributed by atoms with Crippen molar-refractivity contribution in [3.05, 3.63) is 0 Å². The number of halogens is 1. The van der Waals surface area contributed by atoms with Gasteiger partial charge in [0.1, 0.15) is 6.61 Å². The first-order valence-electron chi connectivity index (χ1n) is 1.20. The van der Waals surface area contributed by atoms with E-state index >= 15 is 0 Å². The van der Waals surface area contributed by atoms with E-state index in [1.165, 1.54) is 0 Å². The van der Waals surface area contributed by atoms with Crippen LogP contribution in [0.1, 0.15) is 0 Å². The topological polar surface area (TPSA) is 49.4 Å². The second-order valence-corrected chi connectivity index (χ2v) is 0.844. The van der Waals surface area contributed by atoms with Gasteiger partial charge in [-0.2, -0.15) is 0 Å². The molecule has 0 aromatic carbocycles. The summed E-state index contributed by atoms with van der Waals surface area (Å²) in [5.74, 6) is -1.31. The Kier molecular flexibility index (Phi) is 10.2. The summed E-state index contributed by atoms with van der Waals surface area (Å²) >= 11 is 4.48. The molecule has 36 valence electrons. The van der Waals surface area contributed by atoms with Crippen LogP contribution in [0.4, 0.5) is 0 Å². The van der Waals surface area contributed by atoms with Crippen molar-refractivity contribution in [2.75, 3.05) is 6.61 Å². The van der Waals surface area contributed by atoms with Gasteiger partial charge < -0.3 is 9.90 Å². The molecule has 5 heteroatoms. The molecule has 0 saturated heterocycles. The van der Waals surface area contributed by atoms with Gasteiger partial charge in [0.2, 0.25) is 0 Å². The number of carboxylic acids is 1. The first kappa shape index (κ1) is 10.7. The van der Waals surface area contributed by atoms with Crippen molar-refractivity contribution in [2.24, 2.45) is 0 Å². The zero-order valence-corrected chi connectivity index (χ0v) is 6.57. The number of hydrogen-bond donors (Lipinski definition) is 0. The molecule has 0 atom stereocenters. The molecule has 0 heterocycles. The Labute approximate surface area is 68.1 Å². The predicted octanol–water partition coefficient (Wildman–Crippen LogP) is -4.09. The molecule has 0 spiro atoms. The maximum Gasteiger partial charge on any atom is 1.00 e. The van der Waals surface area contributed by atoms with Gasteiger partial charge >= 0.3 is 29.6 Å². The van der Waals surface area contributed by atoms with E-state index in [1.807, 2.05) is 0 Å². The summed E-state index contributed by atoms with van der Waals surface area (Å²) < 4.78 is 3.61. The number of carbonyl (C=O) groups is 1. The summed E-state index contributed by atoms with van der Waals surface area (Å²) in [6, 6.07) is 0. The quantitative estimate of drug-likeness (QED) is 0.359. The molecule has 0 N–H and O–H groups in total. The fourth-order valence-electron chi connectivity index (χ4n) is 0.0445. The summed E-state index contributed by atoms with van der Waals surface area (Å²) in [5.41, 5.74) is 0. The van der Waals surface area contributed by atoms with Gasteiger partial charge in [-0.05, 0) is 0 Å². The van der Waals surface area contributed by atoms with E-state index < -0.39 is 12.6 Å². The molecule has 0 amide bonds. The van der Waals surface area contributed by atoms with E-state index in [4.69, 9.17) is 0 Å². The van der Waals surface area contributed by atoms with Crippen LogP contribution in [0, 0.1) is 0 Å². The van der Waals surface area contributed by atoms with Crippen LogP contribution >= 0.6 is 11.9 Å². The summed E-state index contributed by atoms with van der Waals surface area (Å²) in [6.07, 6.45) is 0. The number of hydrogen-bond acceptors (Lipinski definition) is 3. The van der Waals surface area contributed by atoms with Gasteiger partial charge in [0.05, 0.1) is 17.8 Å². The van der Waals surface area contributed by atoms with Crippen LogP contribution in [-0.2, 0) is 9.08 Å². The van der Waals surface area contributed by atoms with E-state index in [1.54, 1.807) is 0 Å². The standard InChI is InChI=1S/C2H3ClO3.Na/c3-6-1-2(4)5;/h1H2,(H,4,5);/q;+1/p-1. The molecule has 7 heavy (non-hydrogen) atoms. The van der Waals surface area contributed by atoms with E-state index in [-0.39, 0.29) is 29.6 Å². The third kappa shape index (κ3) is 10.8. The molecule has 0 aliphatic heterocycles. The number of carbonyl (C=O) groups excluding carboxylic acids is 1. The molecule has 0 fully saturated rings. The second-order valence-electron chi connectivity index (χ2n) is 0.625. The largest absolute Gasteiger partial charge is 1.00 e. The van der Waals surface area contributed by atoms with E-state index in [9.17, 15) is 9.90 Å². The Balaban J connectivity index is 0. The average molecular weight is 132 g/mol. The van der Waals surface area contributed by atoms with Crippen molar-refractivity contribution < 1.29 is 43.7 Å². The van der Waals surface area contributed by atoms with Gasteiger partial charge in [-0.25, -0.2) is 0 Å². The monoisotopic (exact) mass is 132 g/mol. The number of rotatable bonds is 2. The Morgan fingerprint density at radius 2 is 2.29 bits per heavy atom. The van der Waals surface area contributed by atoms with Crippen molar-refractivity contribution in [3.63, 3.8) is 0 Å².